The summed E-state index contributed by atoms with van der Waals surface area (Å²) in [5.41, 5.74) is 0. The Morgan fingerprint density at radius 3 is 0.753 bits per heavy atom. The molecule has 0 aliphatic carbocycles. The summed E-state index contributed by atoms with van der Waals surface area (Å²) >= 11 is 0. The highest BCUT2D eigenvalue weighted by Crippen LogP contribution is 2.19. The van der Waals surface area contributed by atoms with Crippen molar-refractivity contribution in [3.05, 3.63) is 60.8 Å². The van der Waals surface area contributed by atoms with Crippen molar-refractivity contribution < 1.29 is 28.6 Å². The molecule has 472 valence electrons. The van der Waals surface area contributed by atoms with Crippen molar-refractivity contribution in [2.24, 2.45) is 0 Å². The predicted octanol–water partition coefficient (Wildman–Crippen LogP) is 24.7. The smallest absolute Gasteiger partial charge is 0.306 e. The lowest BCUT2D eigenvalue weighted by Gasteiger charge is -2.18. The molecule has 0 spiro atoms. The molecule has 0 aromatic carbocycles. The topological polar surface area (TPSA) is 78.9 Å². The van der Waals surface area contributed by atoms with Crippen molar-refractivity contribution in [2.45, 2.75) is 386 Å². The number of hydrogen-bond acceptors (Lipinski definition) is 6. The molecular weight excluding hydrogens is 997 g/mol. The van der Waals surface area contributed by atoms with Gasteiger partial charge in [-0.05, 0) is 64.2 Å². The quantitative estimate of drug-likeness (QED) is 0.0261. The molecule has 0 radical (unpaired) electrons. The second kappa shape index (κ2) is 69.6. The molecule has 6 nitrogen and oxygen atoms in total. The molecule has 0 fully saturated rings. The van der Waals surface area contributed by atoms with Gasteiger partial charge in [-0.3, -0.25) is 14.4 Å². The van der Waals surface area contributed by atoms with E-state index in [2.05, 4.69) is 81.5 Å². The van der Waals surface area contributed by atoms with Crippen LogP contribution in [-0.2, 0) is 28.6 Å². The zero-order valence-corrected chi connectivity index (χ0v) is 54.3. The molecule has 1 unspecified atom stereocenters. The third kappa shape index (κ3) is 67.8. The number of hydrogen-bond donors (Lipinski definition) is 0. The minimum absolute atomic E-state index is 0.0669. The Morgan fingerprint density at radius 2 is 0.481 bits per heavy atom. The number of allylic oxidation sites excluding steroid dienone is 10. The highest BCUT2D eigenvalue weighted by Gasteiger charge is 2.19. The van der Waals surface area contributed by atoms with Crippen LogP contribution in [0.15, 0.2) is 60.8 Å². The van der Waals surface area contributed by atoms with E-state index < -0.39 is 6.10 Å². The van der Waals surface area contributed by atoms with Gasteiger partial charge >= 0.3 is 17.9 Å². The molecule has 1 atom stereocenters. The molecule has 0 aliphatic heterocycles. The van der Waals surface area contributed by atoms with Gasteiger partial charge in [-0.1, -0.05) is 358 Å². The Morgan fingerprint density at radius 1 is 0.259 bits per heavy atom. The van der Waals surface area contributed by atoms with E-state index in [1.54, 1.807) is 0 Å². The first-order valence-corrected chi connectivity index (χ1v) is 35.8. The molecule has 0 saturated heterocycles. The Kier molecular flexibility index (Phi) is 67.1. The summed E-state index contributed by atoms with van der Waals surface area (Å²) in [4.78, 5) is 38.1. The molecule has 0 saturated carbocycles. The van der Waals surface area contributed by atoms with Crippen LogP contribution in [0, 0.1) is 0 Å². The normalized spacial score (nSPS) is 12.4. The van der Waals surface area contributed by atoms with Crippen LogP contribution in [0.1, 0.15) is 380 Å². The van der Waals surface area contributed by atoms with Crippen molar-refractivity contribution in [3.63, 3.8) is 0 Å². The molecule has 0 N–H and O–H groups in total. The lowest BCUT2D eigenvalue weighted by Crippen LogP contribution is -2.30. The average Bonchev–Trinajstić information content (AvgIpc) is 3.47. The lowest BCUT2D eigenvalue weighted by molar-refractivity contribution is -0.167. The van der Waals surface area contributed by atoms with Gasteiger partial charge in [0.25, 0.3) is 0 Å². The van der Waals surface area contributed by atoms with Crippen LogP contribution in [0.3, 0.4) is 0 Å². The van der Waals surface area contributed by atoms with Crippen molar-refractivity contribution in [1.29, 1.82) is 0 Å². The van der Waals surface area contributed by atoms with Gasteiger partial charge in [0.15, 0.2) is 6.10 Å². The summed E-state index contributed by atoms with van der Waals surface area (Å²) < 4.78 is 16.9. The lowest BCUT2D eigenvalue weighted by atomic mass is 10.0. The maximum atomic E-state index is 12.9. The second-order valence-electron chi connectivity index (χ2n) is 24.1. The molecule has 0 amide bonds. The van der Waals surface area contributed by atoms with Crippen LogP contribution < -0.4 is 0 Å². The van der Waals surface area contributed by atoms with E-state index in [1.807, 2.05) is 0 Å². The highest BCUT2D eigenvalue weighted by atomic mass is 16.6. The van der Waals surface area contributed by atoms with Gasteiger partial charge in [0.05, 0.1) is 0 Å². The fourth-order valence-electron chi connectivity index (χ4n) is 10.7. The molecule has 81 heavy (non-hydrogen) atoms. The Balaban J connectivity index is 3.93. The minimum atomic E-state index is -0.766. The van der Waals surface area contributed by atoms with Gasteiger partial charge in [-0.25, -0.2) is 0 Å². The molecular formula is C75H136O6. The van der Waals surface area contributed by atoms with Crippen LogP contribution in [0.5, 0.6) is 0 Å². The van der Waals surface area contributed by atoms with E-state index in [0.29, 0.717) is 19.3 Å². The second-order valence-corrected chi connectivity index (χ2v) is 24.1. The summed E-state index contributed by atoms with van der Waals surface area (Å²) in [6.07, 6.45) is 90.2. The molecule has 6 heteroatoms. The van der Waals surface area contributed by atoms with Gasteiger partial charge in [0.1, 0.15) is 13.2 Å². The van der Waals surface area contributed by atoms with Crippen molar-refractivity contribution >= 4 is 17.9 Å². The standard InChI is InChI=1S/C75H136O6/c1-4-7-10-13-16-18-20-22-24-26-28-30-32-33-34-35-36-37-38-39-40-41-42-43-44-46-47-49-51-53-55-57-59-62-65-68-74(77)80-71-72(70-79-73(76)67-64-61-15-12-9-6-3)81-75(78)69-66-63-60-58-56-54-52-50-48-45-31-29-27-25-23-21-19-17-14-11-8-5-2/h7,10,16,18,22,24,28,30,33-34,72H,4-6,8-9,11-15,17,19-21,23,25-27,29,31-32,35-71H2,1-3H3/b10-7-,18-16-,24-22-,30-28-,34-33-. The van der Waals surface area contributed by atoms with Crippen molar-refractivity contribution in [2.75, 3.05) is 13.2 Å². The largest absolute Gasteiger partial charge is 0.462 e. The summed E-state index contributed by atoms with van der Waals surface area (Å²) in [5, 5.41) is 0. The number of carbonyl (C=O) groups excluding carboxylic acids is 3. The van der Waals surface area contributed by atoms with E-state index in [-0.39, 0.29) is 31.1 Å². The Hall–Kier alpha value is -2.89. The molecule has 0 aliphatic rings. The number of esters is 3. The van der Waals surface area contributed by atoms with Gasteiger partial charge < -0.3 is 14.2 Å². The SMILES string of the molecule is CC/C=C\C/C=C\C/C=C\C/C=C\C/C=C\CCCCCCCCCCCCCCCCCCCCCC(=O)OCC(COC(=O)CCCCCCCC)OC(=O)CCCCCCCCCCCCCCCCCCCCCCCC. The number of carbonyl (C=O) groups is 3. The summed E-state index contributed by atoms with van der Waals surface area (Å²) in [7, 11) is 0. The van der Waals surface area contributed by atoms with Crippen LogP contribution in [0.25, 0.3) is 0 Å². The van der Waals surface area contributed by atoms with E-state index >= 15 is 0 Å². The first kappa shape index (κ1) is 78.1. The Labute approximate surface area is 504 Å². The first-order chi connectivity index (χ1) is 40.0. The summed E-state index contributed by atoms with van der Waals surface area (Å²) in [5.74, 6) is -0.851. The van der Waals surface area contributed by atoms with Crippen molar-refractivity contribution in [3.8, 4) is 0 Å². The first-order valence-electron chi connectivity index (χ1n) is 35.8. The average molecular weight is 1130 g/mol. The van der Waals surface area contributed by atoms with E-state index in [0.717, 1.165) is 89.9 Å². The third-order valence-corrected chi connectivity index (χ3v) is 16.0. The van der Waals surface area contributed by atoms with Crippen LogP contribution >= 0.6 is 0 Å². The predicted molar refractivity (Wildman–Crippen MR) is 353 cm³/mol. The molecule has 0 aromatic heterocycles. The number of unbranched alkanes of at least 4 members (excludes halogenated alkanes) is 45. The van der Waals surface area contributed by atoms with Crippen LogP contribution in [0.4, 0.5) is 0 Å². The number of ether oxygens (including phenoxy) is 3. The molecule has 0 bridgehead atoms. The van der Waals surface area contributed by atoms with Crippen LogP contribution in [-0.4, -0.2) is 37.2 Å². The van der Waals surface area contributed by atoms with E-state index in [1.165, 1.54) is 250 Å². The Bertz CT molecular complexity index is 1440. The fourth-order valence-corrected chi connectivity index (χ4v) is 10.7. The zero-order valence-electron chi connectivity index (χ0n) is 54.3. The third-order valence-electron chi connectivity index (χ3n) is 16.0. The van der Waals surface area contributed by atoms with Gasteiger partial charge in [0.2, 0.25) is 0 Å². The van der Waals surface area contributed by atoms with Crippen LogP contribution in [0.2, 0.25) is 0 Å². The minimum Gasteiger partial charge on any atom is -0.462 e. The van der Waals surface area contributed by atoms with Gasteiger partial charge in [-0.15, -0.1) is 0 Å². The van der Waals surface area contributed by atoms with Crippen molar-refractivity contribution in [1.82, 2.24) is 0 Å². The highest BCUT2D eigenvalue weighted by molar-refractivity contribution is 5.71. The molecule has 0 aromatic rings. The maximum Gasteiger partial charge on any atom is 0.306 e. The number of rotatable bonds is 66. The monoisotopic (exact) mass is 1130 g/mol. The fraction of sp³-hybridized carbons (Fsp3) is 0.827. The summed E-state index contributed by atoms with van der Waals surface area (Å²) in [6, 6.07) is 0. The summed E-state index contributed by atoms with van der Waals surface area (Å²) in [6.45, 7) is 6.53. The van der Waals surface area contributed by atoms with E-state index in [9.17, 15) is 14.4 Å². The van der Waals surface area contributed by atoms with Gasteiger partial charge in [0, 0.05) is 19.3 Å². The maximum absolute atomic E-state index is 12.9. The molecule has 0 rings (SSSR count). The zero-order chi connectivity index (χ0) is 58.5. The molecule has 0 heterocycles. The van der Waals surface area contributed by atoms with Gasteiger partial charge in [-0.2, -0.15) is 0 Å². The van der Waals surface area contributed by atoms with E-state index in [4.69, 9.17) is 14.2 Å².